The first-order valence-corrected chi connectivity index (χ1v) is 9.73. The highest BCUT2D eigenvalue weighted by Crippen LogP contribution is 2.16. The Kier molecular flexibility index (Phi) is 6.17. The van der Waals surface area contributed by atoms with Crippen LogP contribution in [0.1, 0.15) is 34.2 Å². The topological polar surface area (TPSA) is 81.3 Å². The van der Waals surface area contributed by atoms with Crippen LogP contribution in [0.5, 0.6) is 0 Å². The van der Waals surface area contributed by atoms with Gasteiger partial charge in [0, 0.05) is 49.4 Å². The summed E-state index contributed by atoms with van der Waals surface area (Å²) in [4.78, 5) is 28.5. The van der Waals surface area contributed by atoms with E-state index in [2.05, 4.69) is 21.8 Å². The molecule has 2 amide bonds. The van der Waals surface area contributed by atoms with Gasteiger partial charge in [-0.2, -0.15) is 5.10 Å². The molecule has 2 heterocycles. The van der Waals surface area contributed by atoms with E-state index < -0.39 is 0 Å². The number of piperazine rings is 1. The molecule has 0 unspecified atom stereocenters. The van der Waals surface area contributed by atoms with E-state index in [9.17, 15) is 9.59 Å². The van der Waals surface area contributed by atoms with Crippen LogP contribution in [-0.2, 0) is 0 Å². The van der Waals surface area contributed by atoms with E-state index in [1.807, 2.05) is 24.3 Å². The van der Waals surface area contributed by atoms with Crippen LogP contribution in [0.2, 0.25) is 0 Å². The fourth-order valence-electron chi connectivity index (χ4n) is 2.76. The molecule has 0 spiro atoms. The van der Waals surface area contributed by atoms with Gasteiger partial charge in [0.25, 0.3) is 11.8 Å². The number of nitrogens with zero attached hydrogens (tertiary/aromatic N) is 3. The van der Waals surface area contributed by atoms with E-state index in [0.717, 1.165) is 17.9 Å². The Morgan fingerprint density at radius 3 is 2.31 bits per heavy atom. The van der Waals surface area contributed by atoms with Gasteiger partial charge in [0.1, 0.15) is 5.69 Å². The summed E-state index contributed by atoms with van der Waals surface area (Å²) >= 11 is 1.66. The van der Waals surface area contributed by atoms with Gasteiger partial charge in [-0.15, -0.1) is 0 Å². The summed E-state index contributed by atoms with van der Waals surface area (Å²) in [5, 5.41) is 6.50. The predicted octanol–water partition coefficient (Wildman–Crippen LogP) is 2.48. The molecule has 0 atom stereocenters. The number of carbonyl (C=O) groups is 2. The summed E-state index contributed by atoms with van der Waals surface area (Å²) < 4.78 is 3.26. The van der Waals surface area contributed by atoms with Crippen LogP contribution in [0.15, 0.2) is 36.5 Å². The van der Waals surface area contributed by atoms with Gasteiger partial charge in [0.15, 0.2) is 0 Å². The van der Waals surface area contributed by atoms with Crippen LogP contribution in [0.3, 0.4) is 0 Å². The van der Waals surface area contributed by atoms with Crippen LogP contribution in [0.25, 0.3) is 0 Å². The molecule has 1 aliphatic rings. The van der Waals surface area contributed by atoms with Crippen LogP contribution in [-0.4, -0.2) is 63.7 Å². The highest BCUT2D eigenvalue weighted by molar-refractivity contribution is 8.00. The number of hydrogen-bond donors (Lipinski definition) is 2. The standard InChI is InChI=1S/C18H23N5O2S/c1-2-13-26-21-15-5-3-14(4-6-15)17(24)22-9-11-23(12-10-22)18(25)16-7-8-19-20-16/h3-8,21H,2,9-13H2,1H3,(H,19,20). The third-order valence-electron chi connectivity index (χ3n) is 4.21. The first kappa shape index (κ1) is 18.3. The van der Waals surface area contributed by atoms with E-state index in [-0.39, 0.29) is 11.8 Å². The maximum Gasteiger partial charge on any atom is 0.271 e. The number of benzene rings is 1. The molecule has 1 aromatic heterocycles. The maximum atomic E-state index is 12.7. The molecule has 26 heavy (non-hydrogen) atoms. The molecule has 1 aromatic carbocycles. The van der Waals surface area contributed by atoms with Crippen LogP contribution in [0.4, 0.5) is 5.69 Å². The summed E-state index contributed by atoms with van der Waals surface area (Å²) in [5.41, 5.74) is 2.15. The first-order valence-electron chi connectivity index (χ1n) is 8.75. The van der Waals surface area contributed by atoms with E-state index in [0.29, 0.717) is 37.4 Å². The van der Waals surface area contributed by atoms with Crippen molar-refractivity contribution < 1.29 is 9.59 Å². The zero-order chi connectivity index (χ0) is 18.4. The minimum atomic E-state index is -0.0744. The molecule has 0 radical (unpaired) electrons. The van der Waals surface area contributed by atoms with Crippen molar-refractivity contribution >= 4 is 29.4 Å². The van der Waals surface area contributed by atoms with E-state index >= 15 is 0 Å². The number of aromatic amines is 1. The van der Waals surface area contributed by atoms with Gasteiger partial charge >= 0.3 is 0 Å². The molecule has 2 aromatic rings. The predicted molar refractivity (Wildman–Crippen MR) is 103 cm³/mol. The van der Waals surface area contributed by atoms with E-state index in [1.165, 1.54) is 0 Å². The van der Waals surface area contributed by atoms with Gasteiger partial charge in [-0.3, -0.25) is 14.7 Å². The third-order valence-corrected chi connectivity index (χ3v) is 5.21. The minimum Gasteiger partial charge on any atom is -0.335 e. The summed E-state index contributed by atoms with van der Waals surface area (Å²) in [6.07, 6.45) is 2.68. The van der Waals surface area contributed by atoms with E-state index in [1.54, 1.807) is 34.0 Å². The Labute approximate surface area is 157 Å². The van der Waals surface area contributed by atoms with Crippen molar-refractivity contribution in [2.75, 3.05) is 36.7 Å². The Hall–Kier alpha value is -2.48. The van der Waals surface area contributed by atoms with Crippen LogP contribution >= 0.6 is 11.9 Å². The molecule has 7 nitrogen and oxygen atoms in total. The lowest BCUT2D eigenvalue weighted by Gasteiger charge is -2.34. The van der Waals surface area contributed by atoms with Crippen molar-refractivity contribution in [3.8, 4) is 0 Å². The molecule has 138 valence electrons. The lowest BCUT2D eigenvalue weighted by Crippen LogP contribution is -2.50. The number of rotatable bonds is 6. The highest BCUT2D eigenvalue weighted by atomic mass is 32.2. The van der Waals surface area contributed by atoms with Crippen molar-refractivity contribution in [1.29, 1.82) is 0 Å². The van der Waals surface area contributed by atoms with Gasteiger partial charge in [0.05, 0.1) is 0 Å². The van der Waals surface area contributed by atoms with Crippen molar-refractivity contribution in [3.05, 3.63) is 47.8 Å². The number of aromatic nitrogens is 2. The maximum absolute atomic E-state index is 12.7. The Bertz CT molecular complexity index is 725. The van der Waals surface area contributed by atoms with Gasteiger partial charge in [-0.25, -0.2) is 0 Å². The van der Waals surface area contributed by atoms with Crippen LogP contribution in [0, 0.1) is 0 Å². The minimum absolute atomic E-state index is 0.00593. The van der Waals surface area contributed by atoms with Crippen molar-refractivity contribution in [2.24, 2.45) is 0 Å². The summed E-state index contributed by atoms with van der Waals surface area (Å²) in [6, 6.07) is 9.20. The zero-order valence-electron chi connectivity index (χ0n) is 14.8. The third kappa shape index (κ3) is 4.37. The molecule has 1 saturated heterocycles. The summed E-state index contributed by atoms with van der Waals surface area (Å²) in [5.74, 6) is 0.975. The lowest BCUT2D eigenvalue weighted by atomic mass is 10.1. The molecule has 0 aliphatic carbocycles. The second kappa shape index (κ2) is 8.75. The summed E-state index contributed by atoms with van der Waals surface area (Å²) in [7, 11) is 0. The fourth-order valence-corrected chi connectivity index (χ4v) is 3.37. The Morgan fingerprint density at radius 2 is 1.73 bits per heavy atom. The van der Waals surface area contributed by atoms with Crippen LogP contribution < -0.4 is 4.72 Å². The number of nitrogens with one attached hydrogen (secondary N) is 2. The van der Waals surface area contributed by atoms with Gasteiger partial charge in [-0.1, -0.05) is 18.9 Å². The second-order valence-electron chi connectivity index (χ2n) is 6.08. The van der Waals surface area contributed by atoms with Gasteiger partial charge in [-0.05, 0) is 36.8 Å². The molecule has 1 aliphatic heterocycles. The van der Waals surface area contributed by atoms with E-state index in [4.69, 9.17) is 0 Å². The molecule has 8 heteroatoms. The highest BCUT2D eigenvalue weighted by Gasteiger charge is 2.25. The van der Waals surface area contributed by atoms with Gasteiger partial charge in [0.2, 0.25) is 0 Å². The largest absolute Gasteiger partial charge is 0.335 e. The number of carbonyl (C=O) groups excluding carboxylic acids is 2. The average Bonchev–Trinajstić information content (AvgIpc) is 3.23. The second-order valence-corrected chi connectivity index (χ2v) is 6.98. The molecule has 2 N–H and O–H groups in total. The molecular weight excluding hydrogens is 350 g/mol. The Balaban J connectivity index is 1.52. The normalized spacial score (nSPS) is 14.3. The average molecular weight is 373 g/mol. The number of H-pyrrole nitrogens is 1. The van der Waals surface area contributed by atoms with Crippen molar-refractivity contribution in [2.45, 2.75) is 13.3 Å². The molecular formula is C18H23N5O2S. The fraction of sp³-hybridized carbons (Fsp3) is 0.389. The molecule has 0 bridgehead atoms. The SMILES string of the molecule is CCCSNc1ccc(C(=O)N2CCN(C(=O)c3ccn[nH]3)CC2)cc1. The lowest BCUT2D eigenvalue weighted by molar-refractivity contribution is 0.0532. The molecule has 0 saturated carbocycles. The van der Waals surface area contributed by atoms with Crippen molar-refractivity contribution in [3.63, 3.8) is 0 Å². The first-order chi connectivity index (χ1) is 12.7. The monoisotopic (exact) mass is 373 g/mol. The van der Waals surface area contributed by atoms with Crippen molar-refractivity contribution in [1.82, 2.24) is 20.0 Å². The number of hydrogen-bond acceptors (Lipinski definition) is 5. The number of amides is 2. The molecule has 3 rings (SSSR count). The Morgan fingerprint density at radius 1 is 1.08 bits per heavy atom. The van der Waals surface area contributed by atoms with Gasteiger partial charge < -0.3 is 14.5 Å². The quantitative estimate of drug-likeness (QED) is 0.601. The molecule has 1 fully saturated rings. The smallest absolute Gasteiger partial charge is 0.271 e. The summed E-state index contributed by atoms with van der Waals surface area (Å²) in [6.45, 7) is 4.25. The number of anilines is 1. The zero-order valence-corrected chi connectivity index (χ0v) is 15.6.